The van der Waals surface area contributed by atoms with E-state index >= 15 is 0 Å². The van der Waals surface area contributed by atoms with Crippen LogP contribution in [0, 0.1) is 0 Å². The summed E-state index contributed by atoms with van der Waals surface area (Å²) in [5.74, 6) is 0.444. The van der Waals surface area contributed by atoms with E-state index in [0.717, 1.165) is 4.90 Å². The molecule has 0 unspecified atom stereocenters. The first-order valence-corrected chi connectivity index (χ1v) is 11.4. The lowest BCUT2D eigenvalue weighted by Crippen LogP contribution is -2.40. The van der Waals surface area contributed by atoms with Gasteiger partial charge in [0.15, 0.2) is 0 Å². The van der Waals surface area contributed by atoms with Crippen molar-refractivity contribution in [2.75, 3.05) is 44.4 Å². The number of benzene rings is 2. The van der Waals surface area contributed by atoms with Crippen molar-refractivity contribution in [3.63, 3.8) is 0 Å². The zero-order valence-corrected chi connectivity index (χ0v) is 17.3. The van der Waals surface area contributed by atoms with Crippen LogP contribution >= 0.6 is 11.8 Å². The minimum Gasteiger partial charge on any atom is -0.497 e. The van der Waals surface area contributed by atoms with Gasteiger partial charge in [-0.1, -0.05) is 0 Å². The van der Waals surface area contributed by atoms with E-state index in [0.29, 0.717) is 43.3 Å². The second-order valence-corrected chi connectivity index (χ2v) is 8.63. The summed E-state index contributed by atoms with van der Waals surface area (Å²) in [6.45, 7) is 1.95. The highest BCUT2D eigenvalue weighted by atomic mass is 32.2. The van der Waals surface area contributed by atoms with Crippen molar-refractivity contribution in [2.24, 2.45) is 0 Å². The van der Waals surface area contributed by atoms with Crippen molar-refractivity contribution in [3.05, 3.63) is 48.0 Å². The van der Waals surface area contributed by atoms with Gasteiger partial charge >= 0.3 is 0 Å². The Balaban J connectivity index is 1.89. The van der Waals surface area contributed by atoms with Gasteiger partial charge in [0.05, 0.1) is 30.8 Å². The second kappa shape index (κ2) is 8.85. The second-order valence-electron chi connectivity index (χ2n) is 6.10. The number of carbonyl (C=O) groups excluding carboxylic acids is 1. The molecule has 2 aromatic rings. The maximum atomic E-state index is 12.9. The van der Waals surface area contributed by atoms with Crippen molar-refractivity contribution >= 4 is 33.4 Å². The number of thioether (sulfide) groups is 1. The third-order valence-electron chi connectivity index (χ3n) is 4.35. The topological polar surface area (TPSA) is 84.9 Å². The molecule has 0 aliphatic carbocycles. The number of rotatable bonds is 6. The molecular weight excluding hydrogens is 400 g/mol. The van der Waals surface area contributed by atoms with Crippen LogP contribution < -0.4 is 9.46 Å². The molecule has 1 aliphatic heterocycles. The van der Waals surface area contributed by atoms with Crippen molar-refractivity contribution in [1.29, 1.82) is 0 Å². The molecule has 1 N–H and O–H groups in total. The van der Waals surface area contributed by atoms with Gasteiger partial charge in [-0.2, -0.15) is 0 Å². The number of ether oxygens (including phenoxy) is 2. The van der Waals surface area contributed by atoms with Crippen LogP contribution in [0.15, 0.2) is 52.3 Å². The molecule has 1 fully saturated rings. The molecular formula is C19H22N2O5S2. The molecule has 0 spiro atoms. The number of hydrogen-bond acceptors (Lipinski definition) is 6. The first kappa shape index (κ1) is 20.5. The normalized spacial score (nSPS) is 14.6. The van der Waals surface area contributed by atoms with Gasteiger partial charge in [0, 0.05) is 23.7 Å². The van der Waals surface area contributed by atoms with Crippen LogP contribution in [0.25, 0.3) is 0 Å². The van der Waals surface area contributed by atoms with Gasteiger partial charge in [-0.15, -0.1) is 11.8 Å². The minimum absolute atomic E-state index is 0.0396. The molecule has 2 aromatic carbocycles. The third kappa shape index (κ3) is 4.60. The summed E-state index contributed by atoms with van der Waals surface area (Å²) < 4.78 is 38.5. The highest BCUT2D eigenvalue weighted by molar-refractivity contribution is 7.98. The van der Waals surface area contributed by atoms with Crippen LogP contribution in [0.3, 0.4) is 0 Å². The van der Waals surface area contributed by atoms with Gasteiger partial charge in [0.1, 0.15) is 5.75 Å². The Morgan fingerprint density at radius 3 is 2.43 bits per heavy atom. The van der Waals surface area contributed by atoms with Crippen LogP contribution in [0.2, 0.25) is 0 Å². The van der Waals surface area contributed by atoms with E-state index in [4.69, 9.17) is 9.47 Å². The number of amides is 1. The number of nitrogens with one attached hydrogen (secondary N) is 1. The van der Waals surface area contributed by atoms with E-state index in [1.807, 2.05) is 6.26 Å². The standard InChI is InChI=1S/C19H22N2O5S2/c1-25-15-5-3-14(4-6-15)20-28(23,24)16-7-8-18(27-2)17(13-16)19(22)21-9-11-26-12-10-21/h3-8,13,20H,9-12H2,1-2H3. The molecule has 1 amide bonds. The molecule has 0 atom stereocenters. The minimum atomic E-state index is -3.84. The molecule has 0 radical (unpaired) electrons. The van der Waals surface area contributed by atoms with Gasteiger partial charge in [-0.3, -0.25) is 9.52 Å². The zero-order valence-electron chi connectivity index (χ0n) is 15.7. The molecule has 0 aromatic heterocycles. The Morgan fingerprint density at radius 1 is 1.14 bits per heavy atom. The molecule has 150 valence electrons. The van der Waals surface area contributed by atoms with Gasteiger partial charge in [0.2, 0.25) is 0 Å². The molecule has 0 bridgehead atoms. The number of nitrogens with zero attached hydrogens (tertiary/aromatic N) is 1. The molecule has 3 rings (SSSR count). The Hall–Kier alpha value is -2.23. The smallest absolute Gasteiger partial charge is 0.261 e. The van der Waals surface area contributed by atoms with Crippen molar-refractivity contribution in [3.8, 4) is 5.75 Å². The molecule has 1 aliphatic rings. The van der Waals surface area contributed by atoms with Crippen molar-refractivity contribution in [1.82, 2.24) is 4.90 Å². The van der Waals surface area contributed by atoms with E-state index in [1.54, 1.807) is 42.3 Å². The first-order valence-electron chi connectivity index (χ1n) is 8.66. The number of morpholine rings is 1. The molecule has 28 heavy (non-hydrogen) atoms. The molecule has 1 heterocycles. The maximum absolute atomic E-state index is 12.9. The Morgan fingerprint density at radius 2 is 1.82 bits per heavy atom. The van der Waals surface area contributed by atoms with Gasteiger partial charge in [-0.25, -0.2) is 8.42 Å². The summed E-state index contributed by atoms with van der Waals surface area (Å²) in [7, 11) is -2.30. The van der Waals surface area contributed by atoms with Crippen molar-refractivity contribution in [2.45, 2.75) is 9.79 Å². The van der Waals surface area contributed by atoms with Crippen LogP contribution in [-0.4, -0.2) is 58.9 Å². The predicted molar refractivity (Wildman–Crippen MR) is 109 cm³/mol. The summed E-state index contributed by atoms with van der Waals surface area (Å²) in [4.78, 5) is 15.4. The van der Waals surface area contributed by atoms with E-state index in [9.17, 15) is 13.2 Å². The predicted octanol–water partition coefficient (Wildman–Crippen LogP) is 2.69. The summed E-state index contributed by atoms with van der Waals surface area (Å²) >= 11 is 1.41. The summed E-state index contributed by atoms with van der Waals surface area (Å²) in [6, 6.07) is 11.2. The fraction of sp³-hybridized carbons (Fsp3) is 0.316. The quantitative estimate of drug-likeness (QED) is 0.721. The number of carbonyl (C=O) groups is 1. The van der Waals surface area contributed by atoms with E-state index < -0.39 is 10.0 Å². The maximum Gasteiger partial charge on any atom is 0.261 e. The highest BCUT2D eigenvalue weighted by Gasteiger charge is 2.24. The SMILES string of the molecule is COc1ccc(NS(=O)(=O)c2ccc(SC)c(C(=O)N3CCOCC3)c2)cc1. The lowest BCUT2D eigenvalue weighted by Gasteiger charge is -2.27. The number of methoxy groups -OCH3 is 1. The lowest BCUT2D eigenvalue weighted by atomic mass is 10.2. The van der Waals surface area contributed by atoms with E-state index in [2.05, 4.69) is 4.72 Å². The lowest BCUT2D eigenvalue weighted by molar-refractivity contribution is 0.0300. The Bertz CT molecular complexity index is 939. The van der Waals surface area contributed by atoms with Crippen LogP contribution in [0.5, 0.6) is 5.75 Å². The van der Waals surface area contributed by atoms with E-state index in [1.165, 1.54) is 23.9 Å². The monoisotopic (exact) mass is 422 g/mol. The Labute approximate surface area is 169 Å². The Kier molecular flexibility index (Phi) is 6.48. The van der Waals surface area contributed by atoms with Gasteiger partial charge in [0.25, 0.3) is 15.9 Å². The van der Waals surface area contributed by atoms with E-state index in [-0.39, 0.29) is 10.8 Å². The summed E-state index contributed by atoms with van der Waals surface area (Å²) in [6.07, 6.45) is 1.86. The molecule has 1 saturated heterocycles. The van der Waals surface area contributed by atoms with Crippen LogP contribution in [-0.2, 0) is 14.8 Å². The average molecular weight is 423 g/mol. The van der Waals surface area contributed by atoms with Crippen LogP contribution in [0.1, 0.15) is 10.4 Å². The zero-order chi connectivity index (χ0) is 20.1. The molecule has 9 heteroatoms. The number of sulfonamides is 1. The largest absolute Gasteiger partial charge is 0.497 e. The number of anilines is 1. The summed E-state index contributed by atoms with van der Waals surface area (Å²) in [5, 5.41) is 0. The van der Waals surface area contributed by atoms with Crippen molar-refractivity contribution < 1.29 is 22.7 Å². The first-order chi connectivity index (χ1) is 13.4. The fourth-order valence-electron chi connectivity index (χ4n) is 2.83. The van der Waals surface area contributed by atoms with Gasteiger partial charge in [-0.05, 0) is 48.7 Å². The molecule has 7 nitrogen and oxygen atoms in total. The average Bonchev–Trinajstić information content (AvgIpc) is 2.73. The number of hydrogen-bond donors (Lipinski definition) is 1. The fourth-order valence-corrected chi connectivity index (χ4v) is 4.49. The van der Waals surface area contributed by atoms with Crippen LogP contribution in [0.4, 0.5) is 5.69 Å². The summed E-state index contributed by atoms with van der Waals surface area (Å²) in [5.41, 5.74) is 0.794. The highest BCUT2D eigenvalue weighted by Crippen LogP contribution is 2.27. The third-order valence-corrected chi connectivity index (χ3v) is 6.53. The van der Waals surface area contributed by atoms with Gasteiger partial charge < -0.3 is 14.4 Å². The molecule has 0 saturated carbocycles.